The average Bonchev–Trinajstić information content (AvgIpc) is 2.17. The molecule has 2 heterocycles. The third-order valence-corrected chi connectivity index (χ3v) is 4.69. The highest BCUT2D eigenvalue weighted by Crippen LogP contribution is 2.32. The lowest BCUT2D eigenvalue weighted by Gasteiger charge is -2.51. The molecule has 82 valence electrons. The van der Waals surface area contributed by atoms with Crippen LogP contribution in [-0.2, 0) is 0 Å². The molecule has 0 radical (unpaired) electrons. The molecule has 0 bridgehead atoms. The van der Waals surface area contributed by atoms with Crippen LogP contribution >= 0.6 is 22.9 Å². The van der Waals surface area contributed by atoms with E-state index in [1.165, 1.54) is 45.6 Å². The zero-order chi connectivity index (χ0) is 10.2. The number of piperazine rings is 1. The average molecular weight is 309 g/mol. The van der Waals surface area contributed by atoms with E-state index in [1.807, 2.05) is 0 Å². The van der Waals surface area contributed by atoms with Crippen molar-refractivity contribution in [3.63, 3.8) is 0 Å². The minimum absolute atomic E-state index is 0.478. The van der Waals surface area contributed by atoms with E-state index in [9.17, 15) is 0 Å². The summed E-state index contributed by atoms with van der Waals surface area (Å²) in [5.41, 5.74) is 0.478. The first kappa shape index (κ1) is 11.1. The summed E-state index contributed by atoms with van der Waals surface area (Å²) in [5, 5.41) is 0. The van der Waals surface area contributed by atoms with Crippen molar-refractivity contribution < 1.29 is 0 Å². The summed E-state index contributed by atoms with van der Waals surface area (Å²) in [4.78, 5) is 5.04. The van der Waals surface area contributed by atoms with Crippen LogP contribution < -0.4 is 0 Å². The molecule has 0 atom stereocenters. The van der Waals surface area contributed by atoms with Crippen molar-refractivity contribution in [2.45, 2.75) is 18.4 Å². The molecule has 3 nitrogen and oxygen atoms in total. The Morgan fingerprint density at radius 3 is 2.29 bits per heavy atom. The fourth-order valence-corrected chi connectivity index (χ4v) is 3.44. The van der Waals surface area contributed by atoms with Gasteiger partial charge >= 0.3 is 0 Å². The van der Waals surface area contributed by atoms with Crippen LogP contribution in [0.25, 0.3) is 0 Å². The topological polar surface area (TPSA) is 9.72 Å². The quantitative estimate of drug-likeness (QED) is 0.489. The predicted molar refractivity (Wildman–Crippen MR) is 67.7 cm³/mol. The summed E-state index contributed by atoms with van der Waals surface area (Å²) in [6.45, 7) is 6.21. The van der Waals surface area contributed by atoms with Gasteiger partial charge in [-0.3, -0.25) is 4.90 Å². The van der Waals surface area contributed by atoms with Crippen LogP contribution in [0.3, 0.4) is 0 Å². The third kappa shape index (κ3) is 2.08. The second-order valence-electron chi connectivity index (χ2n) is 4.79. The summed E-state index contributed by atoms with van der Waals surface area (Å²) in [5.74, 6) is 0. The van der Waals surface area contributed by atoms with Gasteiger partial charge in [-0.15, -0.1) is 0 Å². The van der Waals surface area contributed by atoms with Gasteiger partial charge in [0.2, 0.25) is 0 Å². The van der Waals surface area contributed by atoms with Crippen molar-refractivity contribution in [2.24, 2.45) is 0 Å². The molecular formula is C10H20IN3. The Labute approximate surface area is 101 Å². The van der Waals surface area contributed by atoms with E-state index in [-0.39, 0.29) is 0 Å². The number of hydrogen-bond acceptors (Lipinski definition) is 3. The van der Waals surface area contributed by atoms with Gasteiger partial charge in [0.1, 0.15) is 0 Å². The summed E-state index contributed by atoms with van der Waals surface area (Å²) < 4.78 is 2.46. The van der Waals surface area contributed by atoms with Gasteiger partial charge in [-0.05, 0) is 40.0 Å². The van der Waals surface area contributed by atoms with E-state index in [4.69, 9.17) is 0 Å². The first-order chi connectivity index (χ1) is 6.62. The summed E-state index contributed by atoms with van der Waals surface area (Å²) in [7, 11) is 4.53. The lowest BCUT2D eigenvalue weighted by Crippen LogP contribution is -2.62. The number of nitrogens with zero attached hydrogens (tertiary/aromatic N) is 3. The first-order valence-corrected chi connectivity index (χ1v) is 6.39. The Kier molecular flexibility index (Phi) is 3.36. The highest BCUT2D eigenvalue weighted by Gasteiger charge is 2.40. The van der Waals surface area contributed by atoms with Crippen LogP contribution in [0.1, 0.15) is 12.8 Å². The lowest BCUT2D eigenvalue weighted by molar-refractivity contribution is 0.00951. The third-order valence-electron chi connectivity index (χ3n) is 3.87. The molecule has 2 aliphatic rings. The van der Waals surface area contributed by atoms with Crippen molar-refractivity contribution in [1.82, 2.24) is 12.9 Å². The molecule has 0 amide bonds. The fraction of sp³-hybridized carbons (Fsp3) is 1.00. The van der Waals surface area contributed by atoms with Crippen LogP contribution in [0, 0.1) is 0 Å². The van der Waals surface area contributed by atoms with Crippen molar-refractivity contribution in [1.29, 1.82) is 0 Å². The normalized spacial score (nSPS) is 31.1. The molecule has 0 aromatic carbocycles. The predicted octanol–water partition coefficient (Wildman–Crippen LogP) is 1.05. The Bertz CT molecular complexity index is 202. The molecule has 0 aromatic heterocycles. The molecule has 0 unspecified atom stereocenters. The van der Waals surface area contributed by atoms with E-state index in [2.05, 4.69) is 49.9 Å². The largest absolute Gasteiger partial charge is 0.306 e. The molecule has 4 heteroatoms. The highest BCUT2D eigenvalue weighted by molar-refractivity contribution is 14.1. The zero-order valence-electron chi connectivity index (χ0n) is 9.17. The van der Waals surface area contributed by atoms with Crippen molar-refractivity contribution in [3.05, 3.63) is 0 Å². The minimum Gasteiger partial charge on any atom is -0.306 e. The maximum atomic E-state index is 2.59. The summed E-state index contributed by atoms with van der Waals surface area (Å²) in [6, 6.07) is 0. The van der Waals surface area contributed by atoms with Gasteiger partial charge in [0.05, 0.1) is 0 Å². The van der Waals surface area contributed by atoms with Crippen LogP contribution in [-0.4, -0.2) is 65.3 Å². The molecule has 0 N–H and O–H groups in total. The van der Waals surface area contributed by atoms with Gasteiger partial charge in [0.15, 0.2) is 0 Å². The molecular weight excluding hydrogens is 289 g/mol. The van der Waals surface area contributed by atoms with E-state index < -0.39 is 0 Å². The van der Waals surface area contributed by atoms with Gasteiger partial charge in [-0.25, -0.2) is 3.11 Å². The Balaban J connectivity index is 2.05. The molecule has 2 saturated heterocycles. The maximum absolute atomic E-state index is 2.59. The second-order valence-corrected chi connectivity index (χ2v) is 6.16. The van der Waals surface area contributed by atoms with Gasteiger partial charge < -0.3 is 4.90 Å². The number of likely N-dealkylation sites (tertiary alicyclic amines) is 1. The van der Waals surface area contributed by atoms with Crippen molar-refractivity contribution in [2.75, 3.05) is 46.8 Å². The van der Waals surface area contributed by atoms with E-state index in [1.54, 1.807) is 0 Å². The van der Waals surface area contributed by atoms with E-state index in [0.717, 1.165) is 0 Å². The SMILES string of the molecule is CN1CCC2(CC1)CN(I)CCN2C. The first-order valence-electron chi connectivity index (χ1n) is 5.43. The smallest absolute Gasteiger partial charge is 0.0366 e. The molecule has 2 aliphatic heterocycles. The van der Waals surface area contributed by atoms with Gasteiger partial charge in [0.25, 0.3) is 0 Å². The Hall–Kier alpha value is 0.610. The maximum Gasteiger partial charge on any atom is 0.0366 e. The van der Waals surface area contributed by atoms with Gasteiger partial charge in [-0.1, -0.05) is 0 Å². The van der Waals surface area contributed by atoms with Crippen molar-refractivity contribution in [3.8, 4) is 0 Å². The summed E-state index contributed by atoms with van der Waals surface area (Å²) in [6.07, 6.45) is 2.67. The minimum atomic E-state index is 0.478. The molecule has 1 spiro atoms. The molecule has 0 aromatic rings. The monoisotopic (exact) mass is 309 g/mol. The second kappa shape index (κ2) is 4.23. The Morgan fingerprint density at radius 1 is 1.00 bits per heavy atom. The number of halogens is 1. The van der Waals surface area contributed by atoms with Gasteiger partial charge in [0, 0.05) is 48.0 Å². The lowest BCUT2D eigenvalue weighted by atomic mass is 9.84. The molecule has 0 saturated carbocycles. The molecule has 14 heavy (non-hydrogen) atoms. The fourth-order valence-electron chi connectivity index (χ4n) is 2.59. The summed E-state index contributed by atoms with van der Waals surface area (Å²) >= 11 is 2.48. The molecule has 2 fully saturated rings. The van der Waals surface area contributed by atoms with Gasteiger partial charge in [-0.2, -0.15) is 0 Å². The van der Waals surface area contributed by atoms with Crippen molar-refractivity contribution >= 4 is 22.9 Å². The van der Waals surface area contributed by atoms with Crippen LogP contribution in [0.15, 0.2) is 0 Å². The number of likely N-dealkylation sites (N-methyl/N-ethyl adjacent to an activating group) is 1. The number of hydrogen-bond donors (Lipinski definition) is 0. The van der Waals surface area contributed by atoms with Crippen LogP contribution in [0.4, 0.5) is 0 Å². The standard InChI is InChI=1S/C10H20IN3/c1-12-5-3-10(4-6-12)9-14(11)8-7-13(10)2/h3-9H2,1-2H3. The van der Waals surface area contributed by atoms with E-state index >= 15 is 0 Å². The van der Waals surface area contributed by atoms with E-state index in [0.29, 0.717) is 5.54 Å². The Morgan fingerprint density at radius 2 is 1.64 bits per heavy atom. The number of rotatable bonds is 0. The van der Waals surface area contributed by atoms with Crippen LogP contribution in [0.2, 0.25) is 0 Å². The highest BCUT2D eigenvalue weighted by atomic mass is 127. The number of piperidine rings is 1. The molecule has 0 aliphatic carbocycles. The zero-order valence-corrected chi connectivity index (χ0v) is 11.3. The molecule has 2 rings (SSSR count). The van der Waals surface area contributed by atoms with Crippen LogP contribution in [0.5, 0.6) is 0 Å².